The van der Waals surface area contributed by atoms with Gasteiger partial charge in [0.1, 0.15) is 0 Å². The molecule has 92 valence electrons. The SMILES string of the molecule is CN(CC1CC1)C(=O)NCC(C)(O)C(=O)O. The molecule has 0 aliphatic heterocycles. The molecular weight excluding hydrogens is 212 g/mol. The Labute approximate surface area is 94.2 Å². The Morgan fingerprint density at radius 1 is 1.50 bits per heavy atom. The zero-order valence-corrected chi connectivity index (χ0v) is 9.56. The fourth-order valence-electron chi connectivity index (χ4n) is 1.23. The topological polar surface area (TPSA) is 89.9 Å². The first-order chi connectivity index (χ1) is 7.33. The summed E-state index contributed by atoms with van der Waals surface area (Å²) >= 11 is 0. The van der Waals surface area contributed by atoms with Crippen molar-refractivity contribution in [2.24, 2.45) is 5.92 Å². The molecule has 0 aromatic heterocycles. The van der Waals surface area contributed by atoms with Crippen LogP contribution in [0.2, 0.25) is 0 Å². The Hall–Kier alpha value is -1.30. The molecule has 0 aromatic rings. The van der Waals surface area contributed by atoms with Gasteiger partial charge < -0.3 is 20.4 Å². The van der Waals surface area contributed by atoms with E-state index in [-0.39, 0.29) is 12.6 Å². The first-order valence-corrected chi connectivity index (χ1v) is 5.27. The number of carboxylic acid groups (broad SMARTS) is 1. The predicted octanol–water partition coefficient (Wildman–Crippen LogP) is -0.127. The van der Waals surface area contributed by atoms with Crippen molar-refractivity contribution < 1.29 is 19.8 Å². The number of nitrogens with one attached hydrogen (secondary N) is 1. The molecule has 6 heteroatoms. The van der Waals surface area contributed by atoms with Crippen molar-refractivity contribution in [3.63, 3.8) is 0 Å². The maximum atomic E-state index is 11.5. The molecular formula is C10H18N2O4. The highest BCUT2D eigenvalue weighted by molar-refractivity contribution is 5.79. The third-order valence-electron chi connectivity index (χ3n) is 2.62. The summed E-state index contributed by atoms with van der Waals surface area (Å²) < 4.78 is 0. The molecule has 1 atom stereocenters. The van der Waals surface area contributed by atoms with Crippen molar-refractivity contribution in [3.8, 4) is 0 Å². The summed E-state index contributed by atoms with van der Waals surface area (Å²) in [5.74, 6) is -0.770. The Balaban J connectivity index is 2.30. The average Bonchev–Trinajstić information content (AvgIpc) is 2.97. The van der Waals surface area contributed by atoms with E-state index in [1.165, 1.54) is 4.90 Å². The summed E-state index contributed by atoms with van der Waals surface area (Å²) in [6.45, 7) is 1.54. The molecule has 1 aliphatic carbocycles. The van der Waals surface area contributed by atoms with E-state index in [2.05, 4.69) is 5.32 Å². The minimum absolute atomic E-state index is 0.295. The fraction of sp³-hybridized carbons (Fsp3) is 0.800. The lowest BCUT2D eigenvalue weighted by molar-refractivity contribution is -0.155. The lowest BCUT2D eigenvalue weighted by atomic mass is 10.1. The average molecular weight is 230 g/mol. The monoisotopic (exact) mass is 230 g/mol. The van der Waals surface area contributed by atoms with Crippen molar-refractivity contribution >= 4 is 12.0 Å². The van der Waals surface area contributed by atoms with Crippen LogP contribution in [0.3, 0.4) is 0 Å². The summed E-state index contributed by atoms with van der Waals surface area (Å²) in [5.41, 5.74) is -1.92. The van der Waals surface area contributed by atoms with Gasteiger partial charge in [0.25, 0.3) is 0 Å². The summed E-state index contributed by atoms with van der Waals surface area (Å²) in [7, 11) is 1.66. The molecule has 1 saturated carbocycles. The summed E-state index contributed by atoms with van der Waals surface area (Å²) in [6, 6.07) is -0.353. The Bertz CT molecular complexity index is 287. The van der Waals surface area contributed by atoms with Gasteiger partial charge in [0.2, 0.25) is 0 Å². The van der Waals surface area contributed by atoms with Crippen LogP contribution in [0, 0.1) is 5.92 Å². The van der Waals surface area contributed by atoms with Gasteiger partial charge in [-0.3, -0.25) is 0 Å². The second kappa shape index (κ2) is 4.69. The van der Waals surface area contributed by atoms with Crippen LogP contribution in [0.1, 0.15) is 19.8 Å². The molecule has 0 aromatic carbocycles. The van der Waals surface area contributed by atoms with E-state index >= 15 is 0 Å². The van der Waals surface area contributed by atoms with E-state index in [4.69, 9.17) is 5.11 Å². The Kier molecular flexibility index (Phi) is 3.74. The second-order valence-electron chi connectivity index (χ2n) is 4.56. The van der Waals surface area contributed by atoms with Gasteiger partial charge in [-0.05, 0) is 25.7 Å². The van der Waals surface area contributed by atoms with E-state index in [1.54, 1.807) is 7.05 Å². The van der Waals surface area contributed by atoms with Gasteiger partial charge in [0.05, 0.1) is 6.54 Å². The van der Waals surface area contributed by atoms with Crippen molar-refractivity contribution in [2.45, 2.75) is 25.4 Å². The molecule has 0 radical (unpaired) electrons. The van der Waals surface area contributed by atoms with Crippen LogP contribution in [0.25, 0.3) is 0 Å². The van der Waals surface area contributed by atoms with Gasteiger partial charge in [-0.2, -0.15) is 0 Å². The van der Waals surface area contributed by atoms with Crippen LogP contribution in [0.5, 0.6) is 0 Å². The maximum absolute atomic E-state index is 11.5. The van der Waals surface area contributed by atoms with Gasteiger partial charge >= 0.3 is 12.0 Å². The van der Waals surface area contributed by atoms with Crippen LogP contribution >= 0.6 is 0 Å². The van der Waals surface area contributed by atoms with Gasteiger partial charge in [0, 0.05) is 13.6 Å². The Morgan fingerprint density at radius 2 is 2.06 bits per heavy atom. The number of carboxylic acids is 1. The van der Waals surface area contributed by atoms with E-state index < -0.39 is 11.6 Å². The molecule has 2 amide bonds. The van der Waals surface area contributed by atoms with E-state index in [1.807, 2.05) is 0 Å². The number of amides is 2. The number of hydrogen-bond acceptors (Lipinski definition) is 3. The molecule has 6 nitrogen and oxygen atoms in total. The van der Waals surface area contributed by atoms with Gasteiger partial charge in [0.15, 0.2) is 5.60 Å². The van der Waals surface area contributed by atoms with Crippen LogP contribution in [-0.2, 0) is 4.79 Å². The van der Waals surface area contributed by atoms with Gasteiger partial charge in [-0.1, -0.05) is 0 Å². The van der Waals surface area contributed by atoms with Crippen LogP contribution in [0.4, 0.5) is 4.79 Å². The highest BCUT2D eigenvalue weighted by Crippen LogP contribution is 2.29. The van der Waals surface area contributed by atoms with Gasteiger partial charge in [-0.15, -0.1) is 0 Å². The zero-order chi connectivity index (χ0) is 12.3. The number of carbonyl (C=O) groups excluding carboxylic acids is 1. The normalized spacial score (nSPS) is 18.7. The Morgan fingerprint density at radius 3 is 2.50 bits per heavy atom. The summed E-state index contributed by atoms with van der Waals surface area (Å²) in [6.07, 6.45) is 2.29. The lowest BCUT2D eigenvalue weighted by Gasteiger charge is -2.22. The van der Waals surface area contributed by atoms with Crippen molar-refractivity contribution in [2.75, 3.05) is 20.1 Å². The summed E-state index contributed by atoms with van der Waals surface area (Å²) in [5, 5.41) is 20.4. The molecule has 1 fully saturated rings. The number of hydrogen-bond donors (Lipinski definition) is 3. The third-order valence-corrected chi connectivity index (χ3v) is 2.62. The van der Waals surface area contributed by atoms with Crippen molar-refractivity contribution in [3.05, 3.63) is 0 Å². The van der Waals surface area contributed by atoms with E-state index in [9.17, 15) is 14.7 Å². The number of aliphatic carboxylic acids is 1. The minimum Gasteiger partial charge on any atom is -0.479 e. The molecule has 1 rings (SSSR count). The number of carbonyl (C=O) groups is 2. The third kappa shape index (κ3) is 3.69. The molecule has 1 unspecified atom stereocenters. The quantitative estimate of drug-likeness (QED) is 0.614. The molecule has 0 spiro atoms. The minimum atomic E-state index is -1.92. The molecule has 1 aliphatic rings. The van der Waals surface area contributed by atoms with Crippen LogP contribution in [-0.4, -0.2) is 52.9 Å². The van der Waals surface area contributed by atoms with Crippen molar-refractivity contribution in [1.29, 1.82) is 0 Å². The first-order valence-electron chi connectivity index (χ1n) is 5.27. The number of nitrogens with zero attached hydrogens (tertiary/aromatic N) is 1. The maximum Gasteiger partial charge on any atom is 0.337 e. The highest BCUT2D eigenvalue weighted by Gasteiger charge is 2.31. The molecule has 0 heterocycles. The second-order valence-corrected chi connectivity index (χ2v) is 4.56. The fourth-order valence-corrected chi connectivity index (χ4v) is 1.23. The number of urea groups is 1. The standard InChI is InChI=1S/C10H18N2O4/c1-10(16,8(13)14)6-11-9(15)12(2)5-7-3-4-7/h7,16H,3-6H2,1-2H3,(H,11,15)(H,13,14). The first kappa shape index (κ1) is 12.8. The highest BCUT2D eigenvalue weighted by atomic mass is 16.4. The number of rotatable bonds is 5. The lowest BCUT2D eigenvalue weighted by Crippen LogP contribution is -2.49. The number of aliphatic hydroxyl groups is 1. The zero-order valence-electron chi connectivity index (χ0n) is 9.56. The van der Waals surface area contributed by atoms with Crippen molar-refractivity contribution in [1.82, 2.24) is 10.2 Å². The van der Waals surface area contributed by atoms with Gasteiger partial charge in [-0.25, -0.2) is 9.59 Å². The molecule has 0 bridgehead atoms. The summed E-state index contributed by atoms with van der Waals surface area (Å²) in [4.78, 5) is 23.6. The van der Waals surface area contributed by atoms with Crippen LogP contribution < -0.4 is 5.32 Å². The smallest absolute Gasteiger partial charge is 0.337 e. The molecule has 3 N–H and O–H groups in total. The predicted molar refractivity (Wildman–Crippen MR) is 57.0 cm³/mol. The molecule has 16 heavy (non-hydrogen) atoms. The largest absolute Gasteiger partial charge is 0.479 e. The van der Waals surface area contributed by atoms with E-state index in [0.717, 1.165) is 19.8 Å². The molecule has 0 saturated heterocycles. The van der Waals surface area contributed by atoms with Crippen LogP contribution in [0.15, 0.2) is 0 Å². The van der Waals surface area contributed by atoms with E-state index in [0.29, 0.717) is 12.5 Å².